The molecule has 0 N–H and O–H groups in total. The van der Waals surface area contributed by atoms with E-state index in [4.69, 9.17) is 18.9 Å². The maximum absolute atomic E-state index is 13.3. The Kier molecular flexibility index (Phi) is 6.51. The van der Waals surface area contributed by atoms with Gasteiger partial charge in [-0.05, 0) is 48.9 Å². The Hall–Kier alpha value is -3.62. The number of hydrogen-bond donors (Lipinski definition) is 0. The van der Waals surface area contributed by atoms with E-state index in [0.717, 1.165) is 0 Å². The number of benzene rings is 2. The van der Waals surface area contributed by atoms with E-state index in [1.807, 2.05) is 0 Å². The van der Waals surface area contributed by atoms with Crippen LogP contribution < -0.4 is 14.2 Å². The lowest BCUT2D eigenvalue weighted by atomic mass is 9.81. The third kappa shape index (κ3) is 4.51. The van der Waals surface area contributed by atoms with Crippen LogP contribution in [0, 0.1) is 16.0 Å². The molecule has 0 unspecified atom stereocenters. The van der Waals surface area contributed by atoms with Crippen LogP contribution in [0.3, 0.4) is 0 Å². The van der Waals surface area contributed by atoms with E-state index in [-0.39, 0.29) is 19.0 Å². The number of rotatable bonds is 9. The fraction of sp³-hybridized carbons (Fsp3) is 0.333. The lowest BCUT2D eigenvalue weighted by Gasteiger charge is -2.22. The molecular weight excluding hydrogens is 394 g/mol. The fourth-order valence-electron chi connectivity index (χ4n) is 3.33. The van der Waals surface area contributed by atoms with Crippen molar-refractivity contribution in [1.29, 1.82) is 0 Å². The van der Waals surface area contributed by atoms with Crippen LogP contribution in [-0.2, 0) is 9.53 Å². The average Bonchev–Trinajstić information content (AvgIpc) is 3.21. The topological polar surface area (TPSA) is 114 Å². The molecule has 0 amide bonds. The van der Waals surface area contributed by atoms with Gasteiger partial charge < -0.3 is 18.9 Å². The molecular formula is C21H21NO8. The van der Waals surface area contributed by atoms with Crippen molar-refractivity contribution in [2.45, 2.75) is 12.8 Å². The van der Waals surface area contributed by atoms with Gasteiger partial charge in [-0.25, -0.2) is 0 Å². The van der Waals surface area contributed by atoms with E-state index in [0.29, 0.717) is 22.8 Å². The van der Waals surface area contributed by atoms with Gasteiger partial charge in [-0.2, -0.15) is 0 Å². The molecule has 30 heavy (non-hydrogen) atoms. The molecule has 0 saturated heterocycles. The third-order valence-electron chi connectivity index (χ3n) is 4.77. The second-order valence-electron chi connectivity index (χ2n) is 6.56. The van der Waals surface area contributed by atoms with Crippen molar-refractivity contribution in [3.05, 3.63) is 63.7 Å². The zero-order valence-corrected chi connectivity index (χ0v) is 16.5. The summed E-state index contributed by atoms with van der Waals surface area (Å²) in [4.78, 5) is 36.9. The minimum Gasteiger partial charge on any atom is -0.497 e. The highest BCUT2D eigenvalue weighted by molar-refractivity contribution is 6.09. The van der Waals surface area contributed by atoms with Crippen molar-refractivity contribution in [2.24, 2.45) is 5.92 Å². The van der Waals surface area contributed by atoms with Crippen molar-refractivity contribution in [2.75, 3.05) is 27.1 Å². The molecule has 0 aliphatic carbocycles. The standard InChI is InChI=1S/C21H21NO8/c1-3-28-21(24)19(20(23)13-4-7-15(27-2)8-5-13)16(11-22(25)26)14-6-9-17-18(10-14)30-12-29-17/h4-10,16,19H,3,11-12H2,1-2H3/t16-,19-/m1/s1. The van der Waals surface area contributed by atoms with E-state index < -0.39 is 35.1 Å². The van der Waals surface area contributed by atoms with Crippen molar-refractivity contribution in [3.8, 4) is 17.2 Å². The SMILES string of the molecule is CCOC(=O)[C@@H](C(=O)c1ccc(OC)cc1)[C@H](C[N+](=O)[O-])c1ccc2c(c1)OCO2. The third-order valence-corrected chi connectivity index (χ3v) is 4.77. The summed E-state index contributed by atoms with van der Waals surface area (Å²) in [5, 5.41) is 11.4. The van der Waals surface area contributed by atoms with Gasteiger partial charge >= 0.3 is 5.97 Å². The molecule has 1 aliphatic rings. The number of Topliss-reactive ketones (excluding diaryl/α,β-unsaturated/α-hetero) is 1. The van der Waals surface area contributed by atoms with Crippen LogP contribution in [0.4, 0.5) is 0 Å². The van der Waals surface area contributed by atoms with Gasteiger partial charge in [0, 0.05) is 10.5 Å². The van der Waals surface area contributed by atoms with Crippen LogP contribution >= 0.6 is 0 Å². The minimum atomic E-state index is -1.40. The first-order valence-corrected chi connectivity index (χ1v) is 9.30. The number of methoxy groups -OCH3 is 1. The summed E-state index contributed by atoms with van der Waals surface area (Å²) in [7, 11) is 1.49. The molecule has 158 valence electrons. The Morgan fingerprint density at radius 3 is 2.47 bits per heavy atom. The number of fused-ring (bicyclic) bond motifs is 1. The van der Waals surface area contributed by atoms with Gasteiger partial charge in [0.2, 0.25) is 13.3 Å². The molecule has 0 aromatic heterocycles. The molecule has 9 heteroatoms. The maximum atomic E-state index is 13.3. The van der Waals surface area contributed by atoms with Gasteiger partial charge in [0.1, 0.15) is 11.7 Å². The Morgan fingerprint density at radius 1 is 1.13 bits per heavy atom. The number of ketones is 1. The smallest absolute Gasteiger partial charge is 0.317 e. The van der Waals surface area contributed by atoms with Crippen LogP contribution in [0.1, 0.15) is 28.8 Å². The molecule has 0 spiro atoms. The molecule has 0 fully saturated rings. The summed E-state index contributed by atoms with van der Waals surface area (Å²) in [6.45, 7) is 1.04. The molecule has 2 atom stereocenters. The highest BCUT2D eigenvalue weighted by atomic mass is 16.7. The van der Waals surface area contributed by atoms with Gasteiger partial charge in [-0.15, -0.1) is 0 Å². The number of carbonyl (C=O) groups excluding carboxylic acids is 2. The first-order chi connectivity index (χ1) is 14.4. The van der Waals surface area contributed by atoms with Crippen molar-refractivity contribution < 1.29 is 33.5 Å². The van der Waals surface area contributed by atoms with Crippen LogP contribution in [0.15, 0.2) is 42.5 Å². The molecule has 0 bridgehead atoms. The minimum absolute atomic E-state index is 0.0325. The fourth-order valence-corrected chi connectivity index (χ4v) is 3.33. The number of nitrogens with zero attached hydrogens (tertiary/aromatic N) is 1. The zero-order valence-electron chi connectivity index (χ0n) is 16.5. The lowest BCUT2D eigenvalue weighted by molar-refractivity contribution is -0.484. The summed E-state index contributed by atoms with van der Waals surface area (Å²) >= 11 is 0. The summed E-state index contributed by atoms with van der Waals surface area (Å²) in [5.74, 6) is -2.40. The van der Waals surface area contributed by atoms with E-state index in [1.54, 1.807) is 37.3 Å². The van der Waals surface area contributed by atoms with Gasteiger partial charge in [-0.1, -0.05) is 6.07 Å². The predicted molar refractivity (Wildman–Crippen MR) is 105 cm³/mol. The molecule has 2 aromatic carbocycles. The lowest BCUT2D eigenvalue weighted by Crippen LogP contribution is -2.35. The molecule has 1 aliphatic heterocycles. The summed E-state index contributed by atoms with van der Waals surface area (Å²) in [6.07, 6.45) is 0. The quantitative estimate of drug-likeness (QED) is 0.202. The van der Waals surface area contributed by atoms with E-state index in [9.17, 15) is 19.7 Å². The van der Waals surface area contributed by atoms with E-state index in [2.05, 4.69) is 0 Å². The summed E-state index contributed by atoms with van der Waals surface area (Å²) < 4.78 is 20.8. The first kappa shape index (κ1) is 21.1. The first-order valence-electron chi connectivity index (χ1n) is 9.30. The number of ether oxygens (including phenoxy) is 4. The maximum Gasteiger partial charge on any atom is 0.317 e. The zero-order chi connectivity index (χ0) is 21.7. The van der Waals surface area contributed by atoms with E-state index >= 15 is 0 Å². The van der Waals surface area contributed by atoms with Crippen LogP contribution in [0.2, 0.25) is 0 Å². The van der Waals surface area contributed by atoms with Crippen LogP contribution in [0.25, 0.3) is 0 Å². The van der Waals surface area contributed by atoms with Gasteiger partial charge in [-0.3, -0.25) is 19.7 Å². The molecule has 1 heterocycles. The number of nitro groups is 1. The Bertz CT molecular complexity index is 941. The largest absolute Gasteiger partial charge is 0.497 e. The van der Waals surface area contributed by atoms with Gasteiger partial charge in [0.15, 0.2) is 17.3 Å². The predicted octanol–water partition coefficient (Wildman–Crippen LogP) is 2.85. The van der Waals surface area contributed by atoms with Crippen molar-refractivity contribution >= 4 is 11.8 Å². The highest BCUT2D eigenvalue weighted by Gasteiger charge is 2.41. The number of esters is 1. The molecule has 0 saturated carbocycles. The number of carbonyl (C=O) groups is 2. The van der Waals surface area contributed by atoms with Gasteiger partial charge in [0.05, 0.1) is 19.6 Å². The normalized spacial score (nSPS) is 13.9. The Labute approximate surface area is 172 Å². The van der Waals surface area contributed by atoms with Crippen LogP contribution in [-0.4, -0.2) is 43.7 Å². The monoisotopic (exact) mass is 415 g/mol. The second-order valence-corrected chi connectivity index (χ2v) is 6.56. The Morgan fingerprint density at radius 2 is 1.83 bits per heavy atom. The molecule has 9 nitrogen and oxygen atoms in total. The average molecular weight is 415 g/mol. The van der Waals surface area contributed by atoms with E-state index in [1.165, 1.54) is 19.2 Å². The molecule has 3 rings (SSSR count). The summed E-state index contributed by atoms with van der Waals surface area (Å²) in [5.41, 5.74) is 0.638. The Balaban J connectivity index is 2.03. The molecule has 2 aromatic rings. The highest BCUT2D eigenvalue weighted by Crippen LogP contribution is 2.38. The van der Waals surface area contributed by atoms with Crippen molar-refractivity contribution in [1.82, 2.24) is 0 Å². The number of hydrogen-bond acceptors (Lipinski definition) is 8. The van der Waals surface area contributed by atoms with Crippen LogP contribution in [0.5, 0.6) is 17.2 Å². The second kappa shape index (κ2) is 9.25. The van der Waals surface area contributed by atoms with Gasteiger partial charge in [0.25, 0.3) is 0 Å². The summed E-state index contributed by atoms with van der Waals surface area (Å²) in [6, 6.07) is 10.9. The van der Waals surface area contributed by atoms with Crippen molar-refractivity contribution in [3.63, 3.8) is 0 Å². The molecule has 0 radical (unpaired) electrons.